The van der Waals surface area contributed by atoms with Gasteiger partial charge in [-0.2, -0.15) is 5.10 Å². The fourth-order valence-electron chi connectivity index (χ4n) is 1.69. The highest BCUT2D eigenvalue weighted by atomic mass is 79.9. The van der Waals surface area contributed by atoms with E-state index in [0.717, 1.165) is 5.56 Å². The molecule has 0 aliphatic carbocycles. The first-order valence-corrected chi connectivity index (χ1v) is 6.40. The molecular formula is C12H12BrN3O3. The van der Waals surface area contributed by atoms with Gasteiger partial charge >= 0.3 is 0 Å². The second-order valence-corrected chi connectivity index (χ2v) is 4.95. The van der Waals surface area contributed by atoms with Crippen molar-refractivity contribution in [1.82, 2.24) is 9.78 Å². The van der Waals surface area contributed by atoms with Crippen LogP contribution < -0.4 is 0 Å². The van der Waals surface area contributed by atoms with E-state index in [4.69, 9.17) is 0 Å². The largest absolute Gasteiger partial charge is 0.389 e. The fraction of sp³-hybridized carbons (Fsp3) is 0.250. The van der Waals surface area contributed by atoms with Crippen molar-refractivity contribution >= 4 is 21.6 Å². The normalized spacial score (nSPS) is 12.4. The molecule has 1 aromatic carbocycles. The van der Waals surface area contributed by atoms with E-state index in [2.05, 4.69) is 21.0 Å². The van der Waals surface area contributed by atoms with E-state index < -0.39 is 11.0 Å². The van der Waals surface area contributed by atoms with E-state index >= 15 is 0 Å². The van der Waals surface area contributed by atoms with Crippen LogP contribution in [0.25, 0.3) is 0 Å². The Balaban J connectivity index is 2.28. The smallest absolute Gasteiger partial charge is 0.283 e. The second kappa shape index (κ2) is 5.50. The Morgan fingerprint density at radius 2 is 2.32 bits per heavy atom. The third kappa shape index (κ3) is 2.99. The Bertz CT molecular complexity index is 610. The van der Waals surface area contributed by atoms with Gasteiger partial charge in [0.2, 0.25) is 0 Å². The molecule has 100 valence electrons. The Kier molecular flexibility index (Phi) is 3.96. The molecule has 0 saturated carbocycles. The van der Waals surface area contributed by atoms with Gasteiger partial charge in [0, 0.05) is 17.8 Å². The number of nitrogens with zero attached hydrogens (tertiary/aromatic N) is 3. The number of nitro benzene ring substituents is 1. The van der Waals surface area contributed by atoms with Crippen LogP contribution in [0.3, 0.4) is 0 Å². The van der Waals surface area contributed by atoms with Crippen LogP contribution in [0.15, 0.2) is 35.1 Å². The molecule has 1 aromatic heterocycles. The van der Waals surface area contributed by atoms with E-state index in [9.17, 15) is 15.2 Å². The molecule has 1 atom stereocenters. The molecule has 1 N–H and O–H groups in total. The zero-order valence-electron chi connectivity index (χ0n) is 10.2. The van der Waals surface area contributed by atoms with Crippen LogP contribution in [-0.4, -0.2) is 19.8 Å². The van der Waals surface area contributed by atoms with Crippen molar-refractivity contribution in [3.8, 4) is 0 Å². The van der Waals surface area contributed by atoms with Crippen molar-refractivity contribution in [2.24, 2.45) is 0 Å². The molecule has 0 spiro atoms. The minimum absolute atomic E-state index is 0.0282. The van der Waals surface area contributed by atoms with E-state index in [1.165, 1.54) is 6.07 Å². The van der Waals surface area contributed by atoms with E-state index in [1.807, 2.05) is 0 Å². The first-order chi connectivity index (χ1) is 8.99. The van der Waals surface area contributed by atoms with Crippen LogP contribution in [0.5, 0.6) is 0 Å². The molecule has 19 heavy (non-hydrogen) atoms. The number of halogens is 1. The van der Waals surface area contributed by atoms with Gasteiger partial charge in [-0.15, -0.1) is 0 Å². The summed E-state index contributed by atoms with van der Waals surface area (Å²) in [5.74, 6) is 0. The average molecular weight is 326 g/mol. The molecule has 0 aliphatic heterocycles. The quantitative estimate of drug-likeness (QED) is 0.692. The molecule has 0 amide bonds. The lowest BCUT2D eigenvalue weighted by Crippen LogP contribution is -2.02. The summed E-state index contributed by atoms with van der Waals surface area (Å²) in [4.78, 5) is 10.4. The van der Waals surface area contributed by atoms with E-state index in [-0.39, 0.29) is 5.69 Å². The van der Waals surface area contributed by atoms with Crippen molar-refractivity contribution < 1.29 is 10.0 Å². The maximum Gasteiger partial charge on any atom is 0.283 e. The SMILES string of the molecule is CC(O)c1cnn(Cc2cccc([N+](=O)[O-])c2Br)c1. The van der Waals surface area contributed by atoms with Crippen LogP contribution >= 0.6 is 15.9 Å². The summed E-state index contributed by atoms with van der Waals surface area (Å²) in [5.41, 5.74) is 1.50. The van der Waals surface area contributed by atoms with Gasteiger partial charge in [0.15, 0.2) is 0 Å². The molecular weight excluding hydrogens is 314 g/mol. The minimum Gasteiger partial charge on any atom is -0.389 e. The van der Waals surface area contributed by atoms with Crippen LogP contribution in [0.1, 0.15) is 24.2 Å². The lowest BCUT2D eigenvalue weighted by molar-refractivity contribution is -0.385. The summed E-state index contributed by atoms with van der Waals surface area (Å²) < 4.78 is 2.08. The summed E-state index contributed by atoms with van der Waals surface area (Å²) >= 11 is 3.24. The molecule has 0 aliphatic rings. The first kappa shape index (κ1) is 13.7. The number of hydrogen-bond acceptors (Lipinski definition) is 4. The molecule has 0 bridgehead atoms. The monoisotopic (exact) mass is 325 g/mol. The summed E-state index contributed by atoms with van der Waals surface area (Å²) in [6.45, 7) is 2.06. The van der Waals surface area contributed by atoms with Crippen LogP contribution in [0.4, 0.5) is 5.69 Å². The van der Waals surface area contributed by atoms with Crippen LogP contribution in [-0.2, 0) is 6.54 Å². The predicted molar refractivity (Wildman–Crippen MR) is 72.8 cm³/mol. The summed E-state index contributed by atoms with van der Waals surface area (Å²) in [5, 5.41) is 24.4. The van der Waals surface area contributed by atoms with Gasteiger partial charge in [0.25, 0.3) is 5.69 Å². The minimum atomic E-state index is -0.581. The highest BCUT2D eigenvalue weighted by molar-refractivity contribution is 9.10. The molecule has 1 heterocycles. The van der Waals surface area contributed by atoms with Gasteiger partial charge in [-0.3, -0.25) is 14.8 Å². The number of nitro groups is 1. The maximum atomic E-state index is 10.8. The van der Waals surface area contributed by atoms with Crippen molar-refractivity contribution in [2.75, 3.05) is 0 Å². The Morgan fingerprint density at radius 3 is 2.89 bits per heavy atom. The molecule has 7 heteroatoms. The molecule has 0 saturated heterocycles. The zero-order valence-corrected chi connectivity index (χ0v) is 11.7. The number of hydrogen-bond donors (Lipinski definition) is 1. The lowest BCUT2D eigenvalue weighted by atomic mass is 10.2. The number of benzene rings is 1. The topological polar surface area (TPSA) is 81.2 Å². The van der Waals surface area contributed by atoms with Crippen molar-refractivity contribution in [3.05, 3.63) is 56.3 Å². The number of aromatic nitrogens is 2. The van der Waals surface area contributed by atoms with Crippen molar-refractivity contribution in [2.45, 2.75) is 19.6 Å². The average Bonchev–Trinajstić information content (AvgIpc) is 2.80. The van der Waals surface area contributed by atoms with Crippen molar-refractivity contribution in [1.29, 1.82) is 0 Å². The highest BCUT2D eigenvalue weighted by Crippen LogP contribution is 2.28. The summed E-state index contributed by atoms with van der Waals surface area (Å²) in [7, 11) is 0. The number of rotatable bonds is 4. The Labute approximate surface area is 118 Å². The standard InChI is InChI=1S/C12H12BrN3O3/c1-8(17)10-5-14-15(7-10)6-9-3-2-4-11(12(9)13)16(18)19/h2-5,7-8,17H,6H2,1H3. The zero-order chi connectivity index (χ0) is 14.0. The summed E-state index contributed by atoms with van der Waals surface area (Å²) in [6, 6.07) is 4.87. The van der Waals surface area contributed by atoms with E-state index in [0.29, 0.717) is 16.6 Å². The Hall–Kier alpha value is -1.73. The molecule has 6 nitrogen and oxygen atoms in total. The van der Waals surface area contributed by atoms with Gasteiger partial charge in [0.1, 0.15) is 4.47 Å². The van der Waals surface area contributed by atoms with E-state index in [1.54, 1.807) is 36.1 Å². The van der Waals surface area contributed by atoms with Gasteiger partial charge in [-0.1, -0.05) is 12.1 Å². The molecule has 0 fully saturated rings. The Morgan fingerprint density at radius 1 is 1.58 bits per heavy atom. The highest BCUT2D eigenvalue weighted by Gasteiger charge is 2.15. The van der Waals surface area contributed by atoms with Gasteiger partial charge in [-0.05, 0) is 28.4 Å². The fourth-order valence-corrected chi connectivity index (χ4v) is 2.22. The van der Waals surface area contributed by atoms with Crippen LogP contribution in [0, 0.1) is 10.1 Å². The maximum absolute atomic E-state index is 10.8. The number of aliphatic hydroxyl groups excluding tert-OH is 1. The summed E-state index contributed by atoms with van der Waals surface area (Å²) in [6.07, 6.45) is 2.72. The van der Waals surface area contributed by atoms with Gasteiger partial charge in [0.05, 0.1) is 23.8 Å². The molecule has 0 radical (unpaired) electrons. The van der Waals surface area contributed by atoms with Crippen molar-refractivity contribution in [3.63, 3.8) is 0 Å². The molecule has 2 rings (SSSR count). The second-order valence-electron chi connectivity index (χ2n) is 4.15. The third-order valence-electron chi connectivity index (χ3n) is 2.72. The lowest BCUT2D eigenvalue weighted by Gasteiger charge is -2.05. The van der Waals surface area contributed by atoms with Gasteiger partial charge in [-0.25, -0.2) is 0 Å². The molecule has 2 aromatic rings. The molecule has 1 unspecified atom stereocenters. The first-order valence-electron chi connectivity index (χ1n) is 5.61. The third-order valence-corrected chi connectivity index (χ3v) is 3.64. The van der Waals surface area contributed by atoms with Gasteiger partial charge < -0.3 is 5.11 Å². The number of aliphatic hydroxyl groups is 1. The predicted octanol–water partition coefficient (Wildman–Crippen LogP) is 2.66. The van der Waals surface area contributed by atoms with Crippen LogP contribution in [0.2, 0.25) is 0 Å².